The van der Waals surface area contributed by atoms with E-state index >= 15 is 0 Å². The predicted octanol–water partition coefficient (Wildman–Crippen LogP) is 4.47. The van der Waals surface area contributed by atoms with Crippen LogP contribution in [0.4, 0.5) is 4.39 Å². The van der Waals surface area contributed by atoms with Crippen LogP contribution in [0.3, 0.4) is 0 Å². The first-order valence-electron chi connectivity index (χ1n) is 8.82. The first-order valence-corrected chi connectivity index (χ1v) is 8.82. The number of hydrogen-bond donors (Lipinski definition) is 0. The second-order valence-corrected chi connectivity index (χ2v) is 6.24. The average molecular weight is 306 g/mol. The van der Waals surface area contributed by atoms with Gasteiger partial charge in [0.1, 0.15) is 5.82 Å². The average Bonchev–Trinajstić information content (AvgIpc) is 2.99. The molecule has 2 rings (SSSR count). The summed E-state index contributed by atoms with van der Waals surface area (Å²) in [6.07, 6.45) is 11.9. The molecule has 22 heavy (non-hydrogen) atoms. The largest absolute Gasteiger partial charge is 0.494 e. The molecule has 0 amide bonds. The molecule has 122 valence electrons. The molecule has 1 saturated heterocycles. The Morgan fingerprint density at radius 1 is 1.00 bits per heavy atom. The highest BCUT2D eigenvalue weighted by Crippen LogP contribution is 2.16. The van der Waals surface area contributed by atoms with Gasteiger partial charge in [0.25, 0.3) is 0 Å². The van der Waals surface area contributed by atoms with Crippen molar-refractivity contribution in [1.82, 2.24) is 0 Å². The van der Waals surface area contributed by atoms with Crippen molar-refractivity contribution in [2.45, 2.75) is 70.8 Å². The summed E-state index contributed by atoms with van der Waals surface area (Å²) in [4.78, 5) is 0. The lowest BCUT2D eigenvalue weighted by molar-refractivity contribution is 0.217. The number of halogens is 1. The van der Waals surface area contributed by atoms with Gasteiger partial charge in [-0.1, -0.05) is 70.4 Å². The third-order valence-electron chi connectivity index (χ3n) is 4.27. The van der Waals surface area contributed by atoms with Crippen molar-refractivity contribution in [3.63, 3.8) is 0 Å². The minimum Gasteiger partial charge on any atom is -0.405 e. The van der Waals surface area contributed by atoms with Crippen LogP contribution in [-0.4, -0.2) is 19.8 Å². The van der Waals surface area contributed by atoms with E-state index in [-0.39, 0.29) is 19.0 Å². The summed E-state index contributed by atoms with van der Waals surface area (Å²) in [7, 11) is -0.320. The van der Waals surface area contributed by atoms with Gasteiger partial charge >= 0.3 is 7.12 Å². The van der Waals surface area contributed by atoms with Crippen molar-refractivity contribution < 1.29 is 13.7 Å². The first kappa shape index (κ1) is 17.5. The van der Waals surface area contributed by atoms with E-state index < -0.39 is 0 Å². The molecule has 2 nitrogen and oxygen atoms in total. The number of unbranched alkanes of at least 4 members (excludes halogenated alkanes) is 7. The summed E-state index contributed by atoms with van der Waals surface area (Å²) < 4.78 is 24.5. The molecule has 1 aliphatic rings. The summed E-state index contributed by atoms with van der Waals surface area (Å²) in [6, 6.07) is 6.37. The first-order chi connectivity index (χ1) is 10.8. The van der Waals surface area contributed by atoms with Crippen LogP contribution >= 0.6 is 0 Å². The van der Waals surface area contributed by atoms with Crippen LogP contribution in [0.1, 0.15) is 64.7 Å². The fourth-order valence-electron chi connectivity index (χ4n) is 2.90. The summed E-state index contributed by atoms with van der Waals surface area (Å²) in [5, 5.41) is 0. The quantitative estimate of drug-likeness (QED) is 0.469. The van der Waals surface area contributed by atoms with Gasteiger partial charge in [-0.2, -0.15) is 0 Å². The molecule has 1 unspecified atom stereocenters. The van der Waals surface area contributed by atoms with Crippen LogP contribution in [0, 0.1) is 5.82 Å². The van der Waals surface area contributed by atoms with Crippen LogP contribution in [0.15, 0.2) is 24.3 Å². The Balaban J connectivity index is 1.54. The predicted molar refractivity (Wildman–Crippen MR) is 89.8 cm³/mol. The van der Waals surface area contributed by atoms with Gasteiger partial charge in [-0.15, -0.1) is 0 Å². The maximum absolute atomic E-state index is 12.9. The molecule has 1 aromatic rings. The fourth-order valence-corrected chi connectivity index (χ4v) is 2.90. The molecule has 1 fully saturated rings. The smallest absolute Gasteiger partial charge is 0.405 e. The Hall–Kier alpha value is -0.865. The molecule has 0 aliphatic carbocycles. The van der Waals surface area contributed by atoms with Crippen molar-refractivity contribution in [3.8, 4) is 0 Å². The van der Waals surface area contributed by atoms with Crippen LogP contribution in [0.5, 0.6) is 0 Å². The molecule has 0 radical (unpaired) electrons. The van der Waals surface area contributed by atoms with Gasteiger partial charge in [0, 0.05) is 0 Å². The minimum absolute atomic E-state index is 0.190. The topological polar surface area (TPSA) is 18.5 Å². The van der Waals surface area contributed by atoms with Gasteiger partial charge in [0.15, 0.2) is 0 Å². The van der Waals surface area contributed by atoms with Crippen molar-refractivity contribution >= 4 is 12.6 Å². The third-order valence-corrected chi connectivity index (χ3v) is 4.27. The Bertz CT molecular complexity index is 410. The van der Waals surface area contributed by atoms with E-state index in [0.717, 1.165) is 11.9 Å². The summed E-state index contributed by atoms with van der Waals surface area (Å²) in [5.41, 5.74) is 0.903. The monoisotopic (exact) mass is 306 g/mol. The molecule has 1 atom stereocenters. The Labute approximate surface area is 134 Å². The molecule has 0 spiro atoms. The normalized spacial score (nSPS) is 18.1. The zero-order valence-electron chi connectivity index (χ0n) is 13.7. The standard InChI is InChI=1S/C18H28BFO2/c1-2-3-4-5-6-7-8-9-10-18-15-21-19(22-18)16-11-13-17(20)14-12-16/h11-14,18H,2-10,15H2,1H3. The summed E-state index contributed by atoms with van der Waals surface area (Å²) >= 11 is 0. The highest BCUT2D eigenvalue weighted by Gasteiger charge is 2.32. The second kappa shape index (κ2) is 10.0. The van der Waals surface area contributed by atoms with Crippen LogP contribution in [0.2, 0.25) is 0 Å². The molecule has 0 bridgehead atoms. The van der Waals surface area contributed by atoms with E-state index in [1.807, 2.05) is 0 Å². The Morgan fingerprint density at radius 2 is 1.64 bits per heavy atom. The number of hydrogen-bond acceptors (Lipinski definition) is 2. The van der Waals surface area contributed by atoms with E-state index in [1.54, 1.807) is 12.1 Å². The van der Waals surface area contributed by atoms with Crippen LogP contribution < -0.4 is 5.46 Å². The molecule has 4 heteroatoms. The van der Waals surface area contributed by atoms with E-state index in [4.69, 9.17) is 9.31 Å². The molecule has 1 aliphatic heterocycles. The van der Waals surface area contributed by atoms with Gasteiger partial charge < -0.3 is 9.31 Å². The molecular formula is C18H28BFO2. The second-order valence-electron chi connectivity index (χ2n) is 6.24. The van der Waals surface area contributed by atoms with Gasteiger partial charge in [0.2, 0.25) is 0 Å². The molecular weight excluding hydrogens is 278 g/mol. The SMILES string of the molecule is CCCCCCCCCCC1COB(c2ccc(F)cc2)O1. The van der Waals surface area contributed by atoms with Gasteiger partial charge in [-0.3, -0.25) is 0 Å². The van der Waals surface area contributed by atoms with Gasteiger partial charge in [0.05, 0.1) is 12.7 Å². The van der Waals surface area contributed by atoms with Crippen molar-refractivity contribution in [1.29, 1.82) is 0 Å². The van der Waals surface area contributed by atoms with Crippen LogP contribution in [0.25, 0.3) is 0 Å². The highest BCUT2D eigenvalue weighted by atomic mass is 19.1. The van der Waals surface area contributed by atoms with E-state index in [1.165, 1.54) is 63.5 Å². The highest BCUT2D eigenvalue weighted by molar-refractivity contribution is 6.61. The van der Waals surface area contributed by atoms with Crippen molar-refractivity contribution in [3.05, 3.63) is 30.1 Å². The Kier molecular flexibility index (Phi) is 7.96. The Morgan fingerprint density at radius 3 is 2.32 bits per heavy atom. The minimum atomic E-state index is -0.320. The molecule has 1 aromatic carbocycles. The van der Waals surface area contributed by atoms with Crippen molar-refractivity contribution in [2.75, 3.05) is 6.61 Å². The fraction of sp³-hybridized carbons (Fsp3) is 0.667. The summed E-state index contributed by atoms with van der Waals surface area (Å²) in [5.74, 6) is -0.225. The van der Waals surface area contributed by atoms with Crippen LogP contribution in [-0.2, 0) is 9.31 Å². The molecule has 0 N–H and O–H groups in total. The summed E-state index contributed by atoms with van der Waals surface area (Å²) in [6.45, 7) is 2.90. The number of benzene rings is 1. The maximum atomic E-state index is 12.9. The molecule has 0 saturated carbocycles. The lowest BCUT2D eigenvalue weighted by atomic mass is 9.79. The van der Waals surface area contributed by atoms with E-state index in [2.05, 4.69) is 6.92 Å². The van der Waals surface area contributed by atoms with Gasteiger partial charge in [-0.25, -0.2) is 4.39 Å². The zero-order chi connectivity index (χ0) is 15.6. The molecule has 0 aromatic heterocycles. The van der Waals surface area contributed by atoms with Gasteiger partial charge in [-0.05, 0) is 24.0 Å². The van der Waals surface area contributed by atoms with Crippen molar-refractivity contribution in [2.24, 2.45) is 0 Å². The zero-order valence-corrected chi connectivity index (χ0v) is 13.7. The lowest BCUT2D eigenvalue weighted by Gasteiger charge is -2.09. The van der Waals surface area contributed by atoms with E-state index in [9.17, 15) is 4.39 Å². The third kappa shape index (κ3) is 6.09. The number of rotatable bonds is 10. The lowest BCUT2D eigenvalue weighted by Crippen LogP contribution is -2.32. The maximum Gasteiger partial charge on any atom is 0.494 e. The van der Waals surface area contributed by atoms with E-state index in [0.29, 0.717) is 6.61 Å². The molecule has 1 heterocycles.